The molecule has 2 heterocycles. The molecule has 0 radical (unpaired) electrons. The van der Waals surface area contributed by atoms with Gasteiger partial charge in [0.05, 0.1) is 29.6 Å². The number of aliphatic carboxylic acids is 1. The minimum absolute atomic E-state index is 0.00503. The second-order valence-corrected chi connectivity index (χ2v) is 18.5. The van der Waals surface area contributed by atoms with E-state index in [1.807, 2.05) is 0 Å². The molecular formula is C39H55ClFN2O11+. The topological polar surface area (TPSA) is 178 Å². The Balaban J connectivity index is 2.02. The minimum atomic E-state index is -2.78. The molecule has 3 unspecified atom stereocenters. The van der Waals surface area contributed by atoms with E-state index < -0.39 is 111 Å². The van der Waals surface area contributed by atoms with Gasteiger partial charge < -0.3 is 34.4 Å². The third kappa shape index (κ3) is 5.63. The van der Waals surface area contributed by atoms with Crippen LogP contribution in [0.5, 0.6) is 0 Å². The number of nitrogens with zero attached hydrogens (tertiary/aromatic N) is 2. The van der Waals surface area contributed by atoms with Crippen LogP contribution in [-0.2, 0) is 28.6 Å². The lowest BCUT2D eigenvalue weighted by atomic mass is 9.44. The average molecular weight is 782 g/mol. The van der Waals surface area contributed by atoms with Gasteiger partial charge in [0, 0.05) is 23.8 Å². The van der Waals surface area contributed by atoms with Crippen LogP contribution in [0.2, 0.25) is 0 Å². The number of likely N-dealkylation sites (tertiary alicyclic amines) is 1. The number of fused-ring (bicyclic) bond motifs is 4. The molecule has 15 heteroatoms. The normalized spacial score (nSPS) is 39.5. The van der Waals surface area contributed by atoms with Crippen molar-refractivity contribution in [2.45, 2.75) is 142 Å². The highest BCUT2D eigenvalue weighted by molar-refractivity contribution is 6.47. The summed E-state index contributed by atoms with van der Waals surface area (Å²) in [5.74, 6) is -6.45. The number of carboxylic acid groups (broad SMARTS) is 2. The maximum atomic E-state index is 15.0. The molecule has 300 valence electrons. The summed E-state index contributed by atoms with van der Waals surface area (Å²) in [6, 6.07) is 0. The van der Waals surface area contributed by atoms with E-state index in [0.717, 1.165) is 6.92 Å². The Labute approximate surface area is 320 Å². The van der Waals surface area contributed by atoms with Crippen molar-refractivity contribution in [2.75, 3.05) is 6.67 Å². The van der Waals surface area contributed by atoms with Crippen LogP contribution in [0.4, 0.5) is 14.0 Å². The first kappa shape index (κ1) is 41.7. The summed E-state index contributed by atoms with van der Waals surface area (Å²) in [6.45, 7) is 16.3. The van der Waals surface area contributed by atoms with Gasteiger partial charge >= 0.3 is 30.4 Å². The maximum absolute atomic E-state index is 15.0. The maximum Gasteiger partial charge on any atom is 0.518 e. The highest BCUT2D eigenvalue weighted by Gasteiger charge is 2.91. The van der Waals surface area contributed by atoms with Crippen LogP contribution >= 0.6 is 11.6 Å². The zero-order valence-electron chi connectivity index (χ0n) is 33.0. The number of carboxylic acids is 1. The number of hydrogen-bond donors (Lipinski definition) is 3. The third-order valence-corrected chi connectivity index (χ3v) is 13.1. The molecule has 2 aliphatic heterocycles. The number of quaternary nitrogens is 1. The predicted octanol–water partition coefficient (Wildman–Crippen LogP) is 7.26. The number of hydrogen-bond acceptors (Lipinski definition) is 10. The van der Waals surface area contributed by atoms with Crippen molar-refractivity contribution in [1.82, 2.24) is 0 Å². The lowest BCUT2D eigenvalue weighted by Crippen LogP contribution is -2.85. The lowest BCUT2D eigenvalue weighted by molar-refractivity contribution is -0.978. The number of carbonyl (C=O) groups is 4. The lowest BCUT2D eigenvalue weighted by Gasteiger charge is -2.65. The second kappa shape index (κ2) is 13.3. The fraction of sp³-hybridized carbons (Fsp3) is 0.718. The Morgan fingerprint density at radius 1 is 1.13 bits per heavy atom. The Bertz CT molecular complexity index is 1750. The molecule has 5 rings (SSSR count). The van der Waals surface area contributed by atoms with Crippen molar-refractivity contribution in [3.8, 4) is 0 Å². The van der Waals surface area contributed by atoms with E-state index in [9.17, 15) is 34.5 Å². The van der Waals surface area contributed by atoms with Crippen molar-refractivity contribution in [2.24, 2.45) is 34.2 Å². The Kier molecular flexibility index (Phi) is 10.3. The monoisotopic (exact) mass is 781 g/mol. The predicted molar refractivity (Wildman–Crippen MR) is 195 cm³/mol. The highest BCUT2D eigenvalue weighted by atomic mass is 35.5. The van der Waals surface area contributed by atoms with Gasteiger partial charge in [-0.3, -0.25) is 9.18 Å². The summed E-state index contributed by atoms with van der Waals surface area (Å²) < 4.78 is 31.5. The van der Waals surface area contributed by atoms with Gasteiger partial charge in [0.25, 0.3) is 0 Å². The van der Waals surface area contributed by atoms with Crippen LogP contribution in [0.25, 0.3) is 0 Å². The van der Waals surface area contributed by atoms with Gasteiger partial charge in [-0.05, 0) is 78.7 Å². The van der Waals surface area contributed by atoms with E-state index in [-0.39, 0.29) is 22.7 Å². The van der Waals surface area contributed by atoms with E-state index in [0.29, 0.717) is 18.4 Å². The molecule has 0 aromatic heterocycles. The fourth-order valence-electron chi connectivity index (χ4n) is 10.6. The van der Waals surface area contributed by atoms with Gasteiger partial charge in [-0.25, -0.2) is 9.59 Å². The number of ether oxygens (including phenoxy) is 3. The molecular weight excluding hydrogens is 727 g/mol. The number of rotatable bonds is 6. The van der Waals surface area contributed by atoms with E-state index in [1.54, 1.807) is 66.7 Å². The number of esters is 1. The van der Waals surface area contributed by atoms with Crippen molar-refractivity contribution < 1.29 is 62.4 Å². The molecule has 0 spiro atoms. The molecule has 2 fully saturated rings. The molecule has 3 N–H and O–H groups in total. The van der Waals surface area contributed by atoms with Crippen LogP contribution in [0.1, 0.15) is 102 Å². The first-order valence-electron chi connectivity index (χ1n) is 18.5. The Morgan fingerprint density at radius 2 is 1.76 bits per heavy atom. The van der Waals surface area contributed by atoms with Crippen LogP contribution in [0, 0.1) is 29.1 Å². The molecule has 3 aliphatic carbocycles. The number of amides is 1. The molecule has 1 amide bonds. The first-order valence-corrected chi connectivity index (χ1v) is 18.9. The van der Waals surface area contributed by atoms with Crippen LogP contribution < -0.4 is 0 Å². The summed E-state index contributed by atoms with van der Waals surface area (Å²) in [5, 5.41) is 42.1. The zero-order chi connectivity index (χ0) is 40.8. The molecule has 1 saturated carbocycles. The smallest absolute Gasteiger partial charge is 0.477 e. The van der Waals surface area contributed by atoms with Crippen molar-refractivity contribution in [1.29, 1.82) is 0 Å². The van der Waals surface area contributed by atoms with E-state index in [1.165, 1.54) is 20.8 Å². The molecule has 1 saturated heterocycles. The quantitative estimate of drug-likeness (QED) is 0.140. The number of oxime groups is 1. The Hall–Kier alpha value is -3.49. The zero-order valence-corrected chi connectivity index (χ0v) is 33.7. The van der Waals surface area contributed by atoms with Crippen molar-refractivity contribution >= 4 is 41.5 Å². The van der Waals surface area contributed by atoms with Gasteiger partial charge in [-0.2, -0.15) is 9.28 Å². The van der Waals surface area contributed by atoms with Crippen molar-refractivity contribution in [3.63, 3.8) is 0 Å². The second-order valence-electron chi connectivity index (χ2n) is 18.1. The molecule has 11 atom stereocenters. The van der Waals surface area contributed by atoms with E-state index in [4.69, 9.17) is 30.6 Å². The van der Waals surface area contributed by atoms with Gasteiger partial charge in [0.2, 0.25) is 11.1 Å². The van der Waals surface area contributed by atoms with Crippen LogP contribution in [0.3, 0.4) is 0 Å². The molecule has 0 aromatic rings. The number of allylic oxidation sites excluding steroid dienone is 3. The summed E-state index contributed by atoms with van der Waals surface area (Å²) in [6.07, 6.45) is -1.09. The first-order chi connectivity index (χ1) is 24.7. The number of halogens is 2. The van der Waals surface area contributed by atoms with Gasteiger partial charge in [0.1, 0.15) is 23.0 Å². The van der Waals surface area contributed by atoms with E-state index >= 15 is 4.39 Å². The van der Waals surface area contributed by atoms with Crippen LogP contribution in [-0.4, -0.2) is 96.6 Å². The standard InChI is InChI=1S/C39H54ClFN2O11/c1-20-15-25-27(26(40)16-20)42-54-30-38(25,53-33(49)52-35(8,9)10)19-37(31(45)46,43(30,32(47)48)34(5,6)7)29-28(51-23(4)44)21(2)17-24-13-12-14-36(11,22(3)18-41)39(24,29)50/h15-17,20,22,24,28-30,50H,12-14,18-19H2,1-11H3,(H-,45,46,47,48)/p+1/t20?,22?,24-,28-,29+,30+,36+,37-,38+,39+,43?/m0/s1. The van der Waals surface area contributed by atoms with E-state index in [2.05, 4.69) is 5.16 Å². The van der Waals surface area contributed by atoms with Crippen LogP contribution in [0.15, 0.2) is 39.6 Å². The molecule has 0 bridgehead atoms. The SMILES string of the molecule is CC(=O)O[C@H]1C(C)=C[C@@H]2CCC[C@](C)(C(C)CF)[C@]2(O)[C@H]1[C@]1(C(=O)O)C[C@@]2(OC(=O)OC(C)(C)C)C3=CC(C)C=C(Cl)C3=NO[C@H]2[N+]1(C(=O)O)C(C)(C)C. The summed E-state index contributed by atoms with van der Waals surface area (Å²) in [4.78, 5) is 62.8. The van der Waals surface area contributed by atoms with Gasteiger partial charge in [0.15, 0.2) is 0 Å². The summed E-state index contributed by atoms with van der Waals surface area (Å²) in [7, 11) is 0. The molecule has 54 heavy (non-hydrogen) atoms. The number of alkyl halides is 1. The van der Waals surface area contributed by atoms with Crippen molar-refractivity contribution in [3.05, 3.63) is 34.4 Å². The number of aliphatic hydroxyl groups is 1. The summed E-state index contributed by atoms with van der Waals surface area (Å²) >= 11 is 6.75. The van der Waals surface area contributed by atoms with Gasteiger partial charge in [-0.1, -0.05) is 62.2 Å². The van der Waals surface area contributed by atoms with Gasteiger partial charge in [-0.15, -0.1) is 0 Å². The molecule has 5 aliphatic rings. The molecule has 0 aromatic carbocycles. The highest BCUT2D eigenvalue weighted by Crippen LogP contribution is 2.69. The number of carbonyl (C=O) groups excluding carboxylic acids is 2. The molecule has 13 nitrogen and oxygen atoms in total. The average Bonchev–Trinajstić information content (AvgIpc) is 3.30. The third-order valence-electron chi connectivity index (χ3n) is 12.8. The summed E-state index contributed by atoms with van der Waals surface area (Å²) in [5.41, 5.74) is -11.0. The Morgan fingerprint density at radius 3 is 2.28 bits per heavy atom. The minimum Gasteiger partial charge on any atom is -0.477 e. The fourth-order valence-corrected chi connectivity index (χ4v) is 11.0. The largest absolute Gasteiger partial charge is 0.518 e.